The van der Waals surface area contributed by atoms with Crippen molar-refractivity contribution in [3.8, 4) is 0 Å². The summed E-state index contributed by atoms with van der Waals surface area (Å²) in [6.45, 7) is 0.377. The summed E-state index contributed by atoms with van der Waals surface area (Å²) in [5, 5.41) is 31.6. The number of aliphatic carboxylic acids is 2. The Morgan fingerprint density at radius 2 is 1.85 bits per heavy atom. The predicted octanol–water partition coefficient (Wildman–Crippen LogP) is -2.40. The van der Waals surface area contributed by atoms with Crippen LogP contribution in [0.1, 0.15) is 44.9 Å². The van der Waals surface area contributed by atoms with E-state index in [0.29, 0.717) is 32.2 Å². The van der Waals surface area contributed by atoms with E-state index in [4.69, 9.17) is 16.9 Å². The van der Waals surface area contributed by atoms with E-state index in [1.807, 2.05) is 0 Å². The first-order chi connectivity index (χ1) is 16.0. The number of carbonyl (C=O) groups is 5. The maximum absolute atomic E-state index is 13.5. The van der Waals surface area contributed by atoms with Crippen LogP contribution >= 0.6 is 0 Å². The van der Waals surface area contributed by atoms with Crippen LogP contribution in [-0.2, 0) is 24.0 Å². The van der Waals surface area contributed by atoms with E-state index in [0.717, 1.165) is 4.90 Å². The number of nitrogens with one attached hydrogen (secondary N) is 3. The minimum atomic E-state index is -1.90. The van der Waals surface area contributed by atoms with Crippen molar-refractivity contribution in [3.05, 3.63) is 0 Å². The molecule has 190 valence electrons. The second kappa shape index (κ2) is 11.6. The molecule has 0 bridgehead atoms. The van der Waals surface area contributed by atoms with Gasteiger partial charge in [-0.15, -0.1) is 0 Å². The van der Waals surface area contributed by atoms with E-state index in [9.17, 15) is 34.2 Å². The third-order valence-electron chi connectivity index (χ3n) is 6.25. The first kappa shape index (κ1) is 26.8. The molecule has 34 heavy (non-hydrogen) atoms. The Labute approximate surface area is 196 Å². The smallest absolute Gasteiger partial charge is 0.330 e. The number of carboxylic acid groups (broad SMARTS) is 2. The zero-order valence-electron chi connectivity index (χ0n) is 18.9. The molecule has 0 spiro atoms. The number of carbonyl (C=O) groups excluding carboxylic acids is 3. The summed E-state index contributed by atoms with van der Waals surface area (Å²) in [5.41, 5.74) is 8.79. The van der Waals surface area contributed by atoms with Crippen LogP contribution in [0.2, 0.25) is 0 Å². The van der Waals surface area contributed by atoms with E-state index >= 15 is 0 Å². The quantitative estimate of drug-likeness (QED) is 0.0935. The maximum Gasteiger partial charge on any atom is 0.330 e. The monoisotopic (exact) mass is 483 g/mol. The number of hydrogen-bond donors (Lipinski definition) is 7. The molecule has 0 aliphatic carbocycles. The summed E-state index contributed by atoms with van der Waals surface area (Å²) in [6, 6.07) is -1.95. The van der Waals surface area contributed by atoms with Crippen LogP contribution in [0.25, 0.3) is 0 Å². The minimum Gasteiger partial charge on any atom is -0.481 e. The lowest BCUT2D eigenvalue weighted by molar-refractivity contribution is -0.162. The van der Waals surface area contributed by atoms with Crippen LogP contribution in [0, 0.1) is 5.41 Å². The highest BCUT2D eigenvalue weighted by Crippen LogP contribution is 2.34. The molecule has 3 atom stereocenters. The molecule has 14 nitrogen and oxygen atoms in total. The molecule has 2 aliphatic rings. The van der Waals surface area contributed by atoms with Crippen LogP contribution < -0.4 is 22.1 Å². The first-order valence-corrected chi connectivity index (χ1v) is 11.2. The molecule has 0 aromatic carbocycles. The summed E-state index contributed by atoms with van der Waals surface area (Å²) in [7, 11) is 0. The fourth-order valence-electron chi connectivity index (χ4n) is 4.63. The largest absolute Gasteiger partial charge is 0.481 e. The van der Waals surface area contributed by atoms with Gasteiger partial charge < -0.3 is 42.1 Å². The first-order valence-electron chi connectivity index (χ1n) is 11.2. The fraction of sp³-hybridized carbons (Fsp3) is 0.700. The van der Waals surface area contributed by atoms with Crippen molar-refractivity contribution < 1.29 is 34.2 Å². The second-order valence-corrected chi connectivity index (χ2v) is 8.49. The van der Waals surface area contributed by atoms with E-state index < -0.39 is 53.7 Å². The number of hydrogen-bond acceptors (Lipinski definition) is 7. The Morgan fingerprint density at radius 1 is 1.15 bits per heavy atom. The molecular formula is C20H33N7O7. The summed E-state index contributed by atoms with van der Waals surface area (Å²) < 4.78 is 0. The zero-order chi connectivity index (χ0) is 25.5. The van der Waals surface area contributed by atoms with Crippen LogP contribution in [-0.4, -0.2) is 99.4 Å². The number of likely N-dealkylation sites (tertiary alicyclic amines) is 2. The standard InChI is InChI=1S/C20H33N7O7/c21-11-14(28)26-8-2-5-13(26)16(31)25-12(4-1-7-24-19(22)23)17(32)27-9-3-6-20(27,18(33)34)10-15(29)30/h12-13H,1-11,21H2,(H,25,31)(H,29,30)(H,33,34)(H4,22,23,24)/t12-,13-,20+/m0/s1. The van der Waals surface area contributed by atoms with Gasteiger partial charge in [0.05, 0.1) is 13.0 Å². The van der Waals surface area contributed by atoms with Gasteiger partial charge in [0.2, 0.25) is 17.7 Å². The Balaban J connectivity index is 2.24. The van der Waals surface area contributed by atoms with E-state index in [2.05, 4.69) is 10.6 Å². The van der Waals surface area contributed by atoms with Gasteiger partial charge in [-0.3, -0.25) is 24.6 Å². The molecule has 0 unspecified atom stereocenters. The van der Waals surface area contributed by atoms with Crippen LogP contribution in [0.5, 0.6) is 0 Å². The third-order valence-corrected chi connectivity index (χ3v) is 6.25. The van der Waals surface area contributed by atoms with Gasteiger partial charge in [0, 0.05) is 19.6 Å². The van der Waals surface area contributed by atoms with Gasteiger partial charge in [0.1, 0.15) is 12.1 Å². The molecule has 0 aromatic heterocycles. The van der Waals surface area contributed by atoms with Crippen LogP contribution in [0.3, 0.4) is 0 Å². The van der Waals surface area contributed by atoms with Gasteiger partial charge in [-0.2, -0.15) is 0 Å². The molecule has 2 aliphatic heterocycles. The highest BCUT2D eigenvalue weighted by Gasteiger charge is 2.52. The highest BCUT2D eigenvalue weighted by molar-refractivity contribution is 5.96. The number of nitrogens with two attached hydrogens (primary N) is 2. The van der Waals surface area contributed by atoms with Gasteiger partial charge in [-0.05, 0) is 38.5 Å². The van der Waals surface area contributed by atoms with Crippen molar-refractivity contribution >= 4 is 35.6 Å². The van der Waals surface area contributed by atoms with E-state index in [1.165, 1.54) is 4.90 Å². The number of guanidine groups is 1. The average molecular weight is 484 g/mol. The molecule has 2 saturated heterocycles. The molecule has 2 heterocycles. The zero-order valence-corrected chi connectivity index (χ0v) is 18.9. The maximum atomic E-state index is 13.5. The summed E-state index contributed by atoms with van der Waals surface area (Å²) >= 11 is 0. The van der Waals surface area contributed by atoms with Crippen LogP contribution in [0.4, 0.5) is 0 Å². The van der Waals surface area contributed by atoms with Crippen molar-refractivity contribution in [2.45, 2.75) is 62.6 Å². The molecular weight excluding hydrogens is 450 g/mol. The summed E-state index contributed by atoms with van der Waals surface area (Å²) in [5.74, 6) is -4.69. The Hall–Kier alpha value is -3.42. The highest BCUT2D eigenvalue weighted by atomic mass is 16.4. The van der Waals surface area contributed by atoms with Gasteiger partial charge in [0.25, 0.3) is 0 Å². The van der Waals surface area contributed by atoms with Crippen molar-refractivity contribution in [2.75, 3.05) is 26.2 Å². The Morgan fingerprint density at radius 3 is 2.44 bits per heavy atom. The third kappa shape index (κ3) is 6.12. The second-order valence-electron chi connectivity index (χ2n) is 8.49. The molecule has 9 N–H and O–H groups in total. The number of carboxylic acids is 2. The molecule has 14 heteroatoms. The Kier molecular flexibility index (Phi) is 9.18. The summed E-state index contributed by atoms with van der Waals surface area (Å²) in [6.07, 6.45) is 0.903. The molecule has 0 aromatic rings. The normalized spacial score (nSPS) is 22.8. The minimum absolute atomic E-state index is 0.0195. The van der Waals surface area contributed by atoms with Crippen molar-refractivity contribution in [1.82, 2.24) is 20.4 Å². The van der Waals surface area contributed by atoms with Crippen molar-refractivity contribution in [1.29, 1.82) is 5.41 Å². The Bertz CT molecular complexity index is 836. The average Bonchev–Trinajstić information content (AvgIpc) is 3.42. The predicted molar refractivity (Wildman–Crippen MR) is 118 cm³/mol. The SMILES string of the molecule is N=C(N)NCCC[C@H](NC(=O)[C@@H]1CCCN1C(=O)CN)C(=O)N1CCC[C@@]1(CC(=O)O)C(=O)O. The summed E-state index contributed by atoms with van der Waals surface area (Å²) in [4.78, 5) is 64.4. The molecule has 3 amide bonds. The lowest BCUT2D eigenvalue weighted by Crippen LogP contribution is -2.60. The van der Waals surface area contributed by atoms with Gasteiger partial charge in [0.15, 0.2) is 11.5 Å². The van der Waals surface area contributed by atoms with Crippen LogP contribution in [0.15, 0.2) is 0 Å². The number of rotatable bonds is 11. The molecule has 2 fully saturated rings. The van der Waals surface area contributed by atoms with Crippen molar-refractivity contribution in [2.24, 2.45) is 11.5 Å². The van der Waals surface area contributed by atoms with E-state index in [-0.39, 0.29) is 38.4 Å². The van der Waals surface area contributed by atoms with Gasteiger partial charge >= 0.3 is 11.9 Å². The molecule has 2 rings (SSSR count). The molecule has 0 saturated carbocycles. The lowest BCUT2D eigenvalue weighted by atomic mass is 9.91. The van der Waals surface area contributed by atoms with Crippen molar-refractivity contribution in [3.63, 3.8) is 0 Å². The number of amides is 3. The van der Waals surface area contributed by atoms with Gasteiger partial charge in [-0.25, -0.2) is 4.79 Å². The van der Waals surface area contributed by atoms with E-state index in [1.54, 1.807) is 0 Å². The molecule has 0 radical (unpaired) electrons. The topological polar surface area (TPSA) is 232 Å². The van der Waals surface area contributed by atoms with Gasteiger partial charge in [-0.1, -0.05) is 0 Å². The fourth-order valence-corrected chi connectivity index (χ4v) is 4.63. The number of nitrogens with zero attached hydrogens (tertiary/aromatic N) is 2. The lowest BCUT2D eigenvalue weighted by Gasteiger charge is -2.36.